The van der Waals surface area contributed by atoms with Crippen molar-refractivity contribution in [2.24, 2.45) is 0 Å². The van der Waals surface area contributed by atoms with E-state index in [4.69, 9.17) is 5.21 Å². The van der Waals surface area contributed by atoms with Crippen LogP contribution in [0.25, 0.3) is 0 Å². The average molecular weight is 358 g/mol. The molecule has 0 radical (unpaired) electrons. The summed E-state index contributed by atoms with van der Waals surface area (Å²) in [5.41, 5.74) is 1.84. The maximum Gasteiger partial charge on any atom is 0.243 e. The second-order valence-corrected chi connectivity index (χ2v) is 6.13. The van der Waals surface area contributed by atoms with Gasteiger partial charge in [0.15, 0.2) is 0 Å². The van der Waals surface area contributed by atoms with Crippen molar-refractivity contribution in [2.75, 3.05) is 0 Å². The Hall–Kier alpha value is -2.78. The summed E-state index contributed by atoms with van der Waals surface area (Å²) in [4.78, 5) is 11.1. The fraction of sp³-hybridized carbons (Fsp3) is 0.300. The topological polar surface area (TPSA) is 73.1 Å². The number of nitrogens with one attached hydrogen (secondary N) is 1. The van der Waals surface area contributed by atoms with Crippen molar-refractivity contribution in [3.05, 3.63) is 71.3 Å². The van der Waals surface area contributed by atoms with Crippen LogP contribution in [0.4, 0.5) is 8.78 Å². The van der Waals surface area contributed by atoms with Crippen LogP contribution in [0, 0.1) is 23.0 Å². The van der Waals surface area contributed by atoms with Crippen LogP contribution in [0.1, 0.15) is 43.2 Å². The smallest absolute Gasteiger partial charge is 0.243 e. The third-order valence-electron chi connectivity index (χ3n) is 4.45. The molecule has 0 aliphatic rings. The first-order chi connectivity index (χ1) is 12.5. The van der Waals surface area contributed by atoms with E-state index in [1.54, 1.807) is 29.7 Å². The largest absolute Gasteiger partial charge is 0.289 e. The Labute approximate surface area is 151 Å². The number of nitrogens with zero attached hydrogens (tertiary/aromatic N) is 1. The number of hydroxylamine groups is 1. The average Bonchev–Trinajstić information content (AvgIpc) is 2.66. The van der Waals surface area contributed by atoms with E-state index < -0.39 is 23.0 Å². The normalized spacial score (nSPS) is 11.0. The quantitative estimate of drug-likeness (QED) is 0.421. The Morgan fingerprint density at radius 1 is 0.962 bits per heavy atom. The molecule has 0 saturated carbocycles. The van der Waals surface area contributed by atoms with Gasteiger partial charge in [-0.1, -0.05) is 37.1 Å². The first kappa shape index (κ1) is 19.5. The lowest BCUT2D eigenvalue weighted by molar-refractivity contribution is -0.129. The maximum atomic E-state index is 13.3. The van der Waals surface area contributed by atoms with Gasteiger partial charge in [0, 0.05) is 6.42 Å². The highest BCUT2D eigenvalue weighted by molar-refractivity contribution is 5.74. The van der Waals surface area contributed by atoms with Crippen molar-refractivity contribution in [3.8, 4) is 6.07 Å². The summed E-state index contributed by atoms with van der Waals surface area (Å²) in [7, 11) is 0. The minimum absolute atomic E-state index is 0.198. The fourth-order valence-corrected chi connectivity index (χ4v) is 3.02. The summed E-state index contributed by atoms with van der Waals surface area (Å²) >= 11 is 0. The van der Waals surface area contributed by atoms with Gasteiger partial charge in [0.25, 0.3) is 0 Å². The first-order valence-electron chi connectivity index (χ1n) is 8.38. The number of carbonyl (C=O) groups excluding carboxylic acids is 1. The molecule has 6 heteroatoms. The molecule has 2 aromatic carbocycles. The monoisotopic (exact) mass is 358 g/mol. The highest BCUT2D eigenvalue weighted by Gasteiger charge is 2.34. The minimum Gasteiger partial charge on any atom is -0.289 e. The lowest BCUT2D eigenvalue weighted by Crippen LogP contribution is -2.26. The third kappa shape index (κ3) is 4.64. The molecule has 2 N–H and O–H groups in total. The number of hydrogen-bond donors (Lipinski definition) is 2. The number of halogens is 2. The molecule has 0 unspecified atom stereocenters. The summed E-state index contributed by atoms with van der Waals surface area (Å²) in [6, 6.07) is 13.8. The molecule has 0 atom stereocenters. The molecule has 0 aromatic heterocycles. The van der Waals surface area contributed by atoms with E-state index in [-0.39, 0.29) is 6.42 Å². The van der Waals surface area contributed by atoms with Crippen molar-refractivity contribution in [1.29, 1.82) is 5.26 Å². The number of amides is 1. The predicted molar refractivity (Wildman–Crippen MR) is 92.2 cm³/mol. The van der Waals surface area contributed by atoms with Crippen molar-refractivity contribution >= 4 is 5.91 Å². The van der Waals surface area contributed by atoms with Crippen LogP contribution >= 0.6 is 0 Å². The second kappa shape index (κ2) is 9.07. The Balaban J connectivity index is 2.23. The lowest BCUT2D eigenvalue weighted by atomic mass is 9.72. The van der Waals surface area contributed by atoms with Crippen LogP contribution in [-0.4, -0.2) is 11.1 Å². The molecule has 0 heterocycles. The van der Waals surface area contributed by atoms with Gasteiger partial charge in [0.05, 0.1) is 6.07 Å². The molecule has 136 valence electrons. The summed E-state index contributed by atoms with van der Waals surface area (Å²) in [5.74, 6) is -1.24. The molecule has 26 heavy (non-hydrogen) atoms. The summed E-state index contributed by atoms with van der Waals surface area (Å²) in [5, 5.41) is 18.5. The second-order valence-electron chi connectivity index (χ2n) is 6.13. The minimum atomic E-state index is -1.03. The third-order valence-corrected chi connectivity index (χ3v) is 4.45. The van der Waals surface area contributed by atoms with E-state index in [1.165, 1.54) is 24.3 Å². The lowest BCUT2D eigenvalue weighted by Gasteiger charge is -2.28. The molecule has 1 amide bonds. The number of carbonyl (C=O) groups is 1. The van der Waals surface area contributed by atoms with Gasteiger partial charge in [-0.2, -0.15) is 5.26 Å². The molecule has 4 nitrogen and oxygen atoms in total. The van der Waals surface area contributed by atoms with Crippen molar-refractivity contribution in [2.45, 2.75) is 37.5 Å². The van der Waals surface area contributed by atoms with E-state index in [2.05, 4.69) is 6.07 Å². The van der Waals surface area contributed by atoms with Gasteiger partial charge in [0.1, 0.15) is 17.0 Å². The van der Waals surface area contributed by atoms with Gasteiger partial charge in [-0.3, -0.25) is 10.0 Å². The number of nitriles is 1. The fourth-order valence-electron chi connectivity index (χ4n) is 3.02. The first-order valence-corrected chi connectivity index (χ1v) is 8.38. The zero-order valence-electron chi connectivity index (χ0n) is 14.2. The number of hydrogen-bond acceptors (Lipinski definition) is 3. The van der Waals surface area contributed by atoms with E-state index in [9.17, 15) is 18.8 Å². The van der Waals surface area contributed by atoms with Gasteiger partial charge in [-0.05, 0) is 48.2 Å². The SMILES string of the molecule is N#CC(CCCCCC(=O)NO)(c1ccc(F)cc1)c1ccc(F)cc1. The molecule has 0 bridgehead atoms. The van der Waals surface area contributed by atoms with E-state index >= 15 is 0 Å². The van der Waals surface area contributed by atoms with Crippen LogP contribution in [-0.2, 0) is 10.2 Å². The van der Waals surface area contributed by atoms with Gasteiger partial charge < -0.3 is 0 Å². The van der Waals surface area contributed by atoms with Crippen LogP contribution in [0.2, 0.25) is 0 Å². The Morgan fingerprint density at radius 2 is 1.46 bits per heavy atom. The number of benzene rings is 2. The molecular weight excluding hydrogens is 338 g/mol. The van der Waals surface area contributed by atoms with Crippen molar-refractivity contribution in [3.63, 3.8) is 0 Å². The molecule has 0 aliphatic heterocycles. The molecule has 2 aromatic rings. The van der Waals surface area contributed by atoms with Gasteiger partial charge in [-0.25, -0.2) is 14.3 Å². The van der Waals surface area contributed by atoms with Gasteiger partial charge in [0.2, 0.25) is 5.91 Å². The molecule has 0 aliphatic carbocycles. The van der Waals surface area contributed by atoms with Gasteiger partial charge in [-0.15, -0.1) is 0 Å². The van der Waals surface area contributed by atoms with E-state index in [0.29, 0.717) is 36.8 Å². The van der Waals surface area contributed by atoms with Crippen LogP contribution in [0.15, 0.2) is 48.5 Å². The Kier molecular flexibility index (Phi) is 6.81. The highest BCUT2D eigenvalue weighted by Crippen LogP contribution is 2.37. The number of rotatable bonds is 8. The predicted octanol–water partition coefficient (Wildman–Crippen LogP) is 4.23. The van der Waals surface area contributed by atoms with Crippen LogP contribution in [0.5, 0.6) is 0 Å². The molecule has 0 fully saturated rings. The Morgan fingerprint density at radius 3 is 1.88 bits per heavy atom. The molecular formula is C20H20F2N2O2. The van der Waals surface area contributed by atoms with Crippen molar-refractivity contribution in [1.82, 2.24) is 5.48 Å². The molecule has 0 spiro atoms. The van der Waals surface area contributed by atoms with Gasteiger partial charge >= 0.3 is 0 Å². The highest BCUT2D eigenvalue weighted by atomic mass is 19.1. The Bertz CT molecular complexity index is 722. The van der Waals surface area contributed by atoms with Crippen LogP contribution in [0.3, 0.4) is 0 Å². The zero-order chi connectivity index (χ0) is 19.0. The standard InChI is InChI=1S/C20H20F2N2O2/c21-17-9-5-15(6-10-17)20(14-23,16-7-11-18(22)12-8-16)13-3-1-2-4-19(25)24-26/h5-12,26H,1-4,13H2,(H,24,25). The zero-order valence-corrected chi connectivity index (χ0v) is 14.2. The maximum absolute atomic E-state index is 13.3. The number of unbranched alkanes of at least 4 members (excludes halogenated alkanes) is 2. The molecule has 2 rings (SSSR count). The summed E-state index contributed by atoms with van der Waals surface area (Å²) < 4.78 is 26.6. The summed E-state index contributed by atoms with van der Waals surface area (Å²) in [6.07, 6.45) is 2.53. The van der Waals surface area contributed by atoms with E-state index in [1.807, 2.05) is 0 Å². The van der Waals surface area contributed by atoms with Crippen molar-refractivity contribution < 1.29 is 18.8 Å². The van der Waals surface area contributed by atoms with E-state index in [0.717, 1.165) is 0 Å². The van der Waals surface area contributed by atoms with Crippen LogP contribution < -0.4 is 5.48 Å². The summed E-state index contributed by atoms with van der Waals surface area (Å²) in [6.45, 7) is 0. The molecule has 0 saturated heterocycles.